The first-order valence-corrected chi connectivity index (χ1v) is 5.71. The van der Waals surface area contributed by atoms with Crippen molar-refractivity contribution in [3.8, 4) is 0 Å². The quantitative estimate of drug-likeness (QED) is 0.789. The largest absolute Gasteiger partial charge is 0.308 e. The minimum atomic E-state index is 0.480. The van der Waals surface area contributed by atoms with Gasteiger partial charge >= 0.3 is 0 Å². The predicted octanol–water partition coefficient (Wildman–Crippen LogP) is 2.04. The van der Waals surface area contributed by atoms with Crippen LogP contribution in [0, 0.1) is 0 Å². The highest BCUT2D eigenvalue weighted by Gasteiger charge is 2.25. The summed E-state index contributed by atoms with van der Waals surface area (Å²) in [7, 11) is 4.26. The zero-order valence-corrected chi connectivity index (χ0v) is 9.61. The van der Waals surface area contributed by atoms with Crippen LogP contribution >= 0.6 is 0 Å². The van der Waals surface area contributed by atoms with Crippen molar-refractivity contribution in [1.82, 2.24) is 10.2 Å². The summed E-state index contributed by atoms with van der Waals surface area (Å²) in [4.78, 5) is 2.24. The molecule has 0 spiro atoms. The number of nitrogens with zero attached hydrogens (tertiary/aromatic N) is 1. The van der Waals surface area contributed by atoms with Gasteiger partial charge in [-0.3, -0.25) is 0 Å². The van der Waals surface area contributed by atoms with Gasteiger partial charge in [-0.2, -0.15) is 0 Å². The Kier molecular flexibility index (Phi) is 3.39. The topological polar surface area (TPSA) is 15.3 Å². The molecule has 15 heavy (non-hydrogen) atoms. The molecule has 0 aromatic heterocycles. The van der Waals surface area contributed by atoms with Crippen molar-refractivity contribution >= 4 is 0 Å². The van der Waals surface area contributed by atoms with Crippen LogP contribution in [0.25, 0.3) is 0 Å². The lowest BCUT2D eigenvalue weighted by atomic mass is 10.1. The first kappa shape index (κ1) is 10.7. The second kappa shape index (κ2) is 4.77. The van der Waals surface area contributed by atoms with E-state index in [0.717, 1.165) is 12.6 Å². The third kappa shape index (κ3) is 3.33. The summed E-state index contributed by atoms with van der Waals surface area (Å²) in [6.07, 6.45) is 2.69. The Balaban J connectivity index is 2.03. The van der Waals surface area contributed by atoms with E-state index >= 15 is 0 Å². The number of nitrogens with one attached hydrogen (secondary N) is 1. The molecule has 0 radical (unpaired) electrons. The molecule has 1 aliphatic rings. The van der Waals surface area contributed by atoms with Gasteiger partial charge in [0, 0.05) is 18.6 Å². The normalized spacial score (nSPS) is 18.1. The van der Waals surface area contributed by atoms with Gasteiger partial charge < -0.3 is 10.2 Å². The number of likely N-dealkylation sites (N-methyl/N-ethyl adjacent to an activating group) is 1. The van der Waals surface area contributed by atoms with Crippen molar-refractivity contribution in [2.75, 3.05) is 20.6 Å². The maximum atomic E-state index is 3.70. The lowest BCUT2D eigenvalue weighted by molar-refractivity contribution is 0.340. The van der Waals surface area contributed by atoms with E-state index in [9.17, 15) is 0 Å². The minimum absolute atomic E-state index is 0.480. The first-order chi connectivity index (χ1) is 7.25. The average Bonchev–Trinajstić information content (AvgIpc) is 3.01. The molecule has 82 valence electrons. The SMILES string of the molecule is CN(C)CC(NC1CC1)c1ccccc1. The molecule has 1 aromatic carbocycles. The summed E-state index contributed by atoms with van der Waals surface area (Å²) in [6.45, 7) is 1.07. The molecular formula is C13H20N2. The molecule has 0 heterocycles. The van der Waals surface area contributed by atoms with Gasteiger partial charge in [0.15, 0.2) is 0 Å². The monoisotopic (exact) mass is 204 g/mol. The molecule has 0 aliphatic heterocycles. The van der Waals surface area contributed by atoms with Gasteiger partial charge in [0.1, 0.15) is 0 Å². The van der Waals surface area contributed by atoms with E-state index in [1.807, 2.05) is 0 Å². The molecule has 1 N–H and O–H groups in total. The summed E-state index contributed by atoms with van der Waals surface area (Å²) >= 11 is 0. The van der Waals surface area contributed by atoms with Crippen LogP contribution in [0.5, 0.6) is 0 Å². The Bertz CT molecular complexity index is 287. The second-order valence-electron chi connectivity index (χ2n) is 4.67. The van der Waals surface area contributed by atoms with Crippen molar-refractivity contribution in [3.63, 3.8) is 0 Å². The van der Waals surface area contributed by atoms with Gasteiger partial charge in [0.2, 0.25) is 0 Å². The lowest BCUT2D eigenvalue weighted by Crippen LogP contribution is -2.32. The maximum Gasteiger partial charge on any atom is 0.0451 e. The molecule has 1 aromatic rings. The molecule has 1 fully saturated rings. The maximum absolute atomic E-state index is 3.70. The van der Waals surface area contributed by atoms with Gasteiger partial charge in [-0.1, -0.05) is 30.3 Å². The molecule has 0 bridgehead atoms. The van der Waals surface area contributed by atoms with Crippen LogP contribution in [0.1, 0.15) is 24.4 Å². The first-order valence-electron chi connectivity index (χ1n) is 5.71. The molecule has 1 atom stereocenters. The Hall–Kier alpha value is -0.860. The van der Waals surface area contributed by atoms with E-state index in [2.05, 4.69) is 54.6 Å². The van der Waals surface area contributed by atoms with Crippen molar-refractivity contribution < 1.29 is 0 Å². The summed E-state index contributed by atoms with van der Waals surface area (Å²) in [6, 6.07) is 12.0. The van der Waals surface area contributed by atoms with Gasteiger partial charge in [-0.05, 0) is 32.5 Å². The van der Waals surface area contributed by atoms with Crippen LogP contribution < -0.4 is 5.32 Å². The minimum Gasteiger partial charge on any atom is -0.308 e. The standard InChI is InChI=1S/C13H20N2/c1-15(2)10-13(14-12-8-9-12)11-6-4-3-5-7-11/h3-7,12-14H,8-10H2,1-2H3. The molecule has 0 amide bonds. The zero-order valence-electron chi connectivity index (χ0n) is 9.61. The van der Waals surface area contributed by atoms with Crippen LogP contribution in [-0.4, -0.2) is 31.6 Å². The molecular weight excluding hydrogens is 184 g/mol. The van der Waals surface area contributed by atoms with Gasteiger partial charge in [0.05, 0.1) is 0 Å². The average molecular weight is 204 g/mol. The fourth-order valence-electron chi connectivity index (χ4n) is 1.84. The molecule has 1 saturated carbocycles. The van der Waals surface area contributed by atoms with E-state index in [4.69, 9.17) is 0 Å². The van der Waals surface area contributed by atoms with Crippen molar-refractivity contribution in [2.45, 2.75) is 24.9 Å². The Morgan fingerprint density at radius 2 is 1.93 bits per heavy atom. The van der Waals surface area contributed by atoms with Crippen LogP contribution in [0.3, 0.4) is 0 Å². The van der Waals surface area contributed by atoms with Crippen molar-refractivity contribution in [3.05, 3.63) is 35.9 Å². The summed E-state index contributed by atoms with van der Waals surface area (Å²) in [5, 5.41) is 3.70. The molecule has 1 unspecified atom stereocenters. The number of hydrogen-bond acceptors (Lipinski definition) is 2. The number of benzene rings is 1. The smallest absolute Gasteiger partial charge is 0.0451 e. The van der Waals surface area contributed by atoms with E-state index < -0.39 is 0 Å². The fraction of sp³-hybridized carbons (Fsp3) is 0.538. The molecule has 0 saturated heterocycles. The second-order valence-corrected chi connectivity index (χ2v) is 4.67. The van der Waals surface area contributed by atoms with Crippen LogP contribution in [0.2, 0.25) is 0 Å². The highest BCUT2D eigenvalue weighted by molar-refractivity contribution is 5.19. The van der Waals surface area contributed by atoms with Crippen LogP contribution in [-0.2, 0) is 0 Å². The van der Waals surface area contributed by atoms with Gasteiger partial charge in [-0.15, -0.1) is 0 Å². The molecule has 2 rings (SSSR count). The Labute approximate surface area is 92.3 Å². The van der Waals surface area contributed by atoms with Gasteiger partial charge in [-0.25, -0.2) is 0 Å². The van der Waals surface area contributed by atoms with E-state index in [0.29, 0.717) is 6.04 Å². The number of rotatable bonds is 5. The predicted molar refractivity (Wildman–Crippen MR) is 63.9 cm³/mol. The van der Waals surface area contributed by atoms with Crippen LogP contribution in [0.4, 0.5) is 0 Å². The van der Waals surface area contributed by atoms with Gasteiger partial charge in [0.25, 0.3) is 0 Å². The summed E-state index contributed by atoms with van der Waals surface area (Å²) in [5.41, 5.74) is 1.40. The highest BCUT2D eigenvalue weighted by Crippen LogP contribution is 2.24. The fourth-order valence-corrected chi connectivity index (χ4v) is 1.84. The summed E-state index contributed by atoms with van der Waals surface area (Å²) < 4.78 is 0. The molecule has 2 heteroatoms. The Morgan fingerprint density at radius 1 is 1.27 bits per heavy atom. The third-order valence-corrected chi connectivity index (χ3v) is 2.76. The Morgan fingerprint density at radius 3 is 2.47 bits per heavy atom. The lowest BCUT2D eigenvalue weighted by Gasteiger charge is -2.22. The van der Waals surface area contributed by atoms with Crippen LogP contribution in [0.15, 0.2) is 30.3 Å². The van der Waals surface area contributed by atoms with Crippen molar-refractivity contribution in [1.29, 1.82) is 0 Å². The highest BCUT2D eigenvalue weighted by atomic mass is 15.1. The van der Waals surface area contributed by atoms with E-state index in [-0.39, 0.29) is 0 Å². The summed E-state index contributed by atoms with van der Waals surface area (Å²) in [5.74, 6) is 0. The zero-order chi connectivity index (χ0) is 10.7. The third-order valence-electron chi connectivity index (χ3n) is 2.76. The van der Waals surface area contributed by atoms with Crippen molar-refractivity contribution in [2.24, 2.45) is 0 Å². The van der Waals surface area contributed by atoms with E-state index in [1.54, 1.807) is 0 Å². The molecule has 1 aliphatic carbocycles. The van der Waals surface area contributed by atoms with E-state index in [1.165, 1.54) is 18.4 Å². The number of hydrogen-bond donors (Lipinski definition) is 1. The molecule has 2 nitrogen and oxygen atoms in total.